The highest BCUT2D eigenvalue weighted by atomic mass is 16.1. The van der Waals surface area contributed by atoms with Gasteiger partial charge in [0.05, 0.1) is 33.7 Å². The van der Waals surface area contributed by atoms with E-state index >= 15 is 0 Å². The summed E-state index contributed by atoms with van der Waals surface area (Å²) in [6.45, 7) is 7.24. The summed E-state index contributed by atoms with van der Waals surface area (Å²) in [4.78, 5) is 17.4. The van der Waals surface area contributed by atoms with Crippen LogP contribution in [0.1, 0.15) is 34.0 Å². The fourth-order valence-electron chi connectivity index (χ4n) is 3.80. The van der Waals surface area contributed by atoms with Gasteiger partial charge in [-0.3, -0.25) is 4.79 Å². The Morgan fingerprint density at radius 2 is 1.72 bits per heavy atom. The van der Waals surface area contributed by atoms with Crippen molar-refractivity contribution in [1.29, 1.82) is 0 Å². The molecule has 0 bridgehead atoms. The molecule has 1 N–H and O–H groups in total. The third-order valence-corrected chi connectivity index (χ3v) is 5.21. The van der Waals surface area contributed by atoms with E-state index in [9.17, 15) is 4.79 Å². The van der Waals surface area contributed by atoms with Crippen molar-refractivity contribution in [2.75, 3.05) is 6.54 Å². The van der Waals surface area contributed by atoms with E-state index in [1.165, 1.54) is 0 Å². The van der Waals surface area contributed by atoms with Gasteiger partial charge in [0, 0.05) is 13.1 Å². The van der Waals surface area contributed by atoms with Crippen LogP contribution in [0, 0.1) is 20.8 Å². The van der Waals surface area contributed by atoms with Gasteiger partial charge >= 0.3 is 0 Å². The Kier molecular flexibility index (Phi) is 5.16. The number of aryl methyl sites for hydroxylation is 3. The Hall–Kier alpha value is -3.41. The first-order valence-corrected chi connectivity index (χ1v) is 9.88. The summed E-state index contributed by atoms with van der Waals surface area (Å²) < 4.78 is 4.02. The van der Waals surface area contributed by atoms with Gasteiger partial charge in [0.1, 0.15) is 5.82 Å². The number of carbonyl (C=O) groups is 1. The van der Waals surface area contributed by atoms with Crippen LogP contribution in [0.25, 0.3) is 16.7 Å². The molecular weight excluding hydrogens is 362 g/mol. The molecule has 1 amide bonds. The molecule has 148 valence electrons. The van der Waals surface area contributed by atoms with E-state index < -0.39 is 0 Å². The van der Waals surface area contributed by atoms with Gasteiger partial charge in [-0.2, -0.15) is 5.10 Å². The standard InChI is InChI=1S/C23H25N5O/c1-16-22(17(2)28(26-16)19-10-5-4-6-11-19)23(29)24-14-9-15-27-18(3)25-20-12-7-8-13-21(20)27/h4-8,10-13H,9,14-15H2,1-3H3,(H,24,29). The van der Waals surface area contributed by atoms with Crippen LogP contribution in [0.5, 0.6) is 0 Å². The quantitative estimate of drug-likeness (QED) is 0.509. The van der Waals surface area contributed by atoms with Crippen molar-refractivity contribution in [3.8, 4) is 5.69 Å². The Morgan fingerprint density at radius 3 is 2.52 bits per heavy atom. The molecule has 6 nitrogen and oxygen atoms in total. The molecule has 0 saturated heterocycles. The minimum atomic E-state index is -0.0746. The van der Waals surface area contributed by atoms with Crippen LogP contribution in [0.2, 0.25) is 0 Å². The summed E-state index contributed by atoms with van der Waals surface area (Å²) in [5.41, 5.74) is 5.33. The molecule has 0 spiro atoms. The molecule has 0 aliphatic rings. The van der Waals surface area contributed by atoms with Crippen molar-refractivity contribution in [2.45, 2.75) is 33.7 Å². The lowest BCUT2D eigenvalue weighted by Crippen LogP contribution is -2.26. The number of fused-ring (bicyclic) bond motifs is 1. The van der Waals surface area contributed by atoms with E-state index in [1.807, 2.05) is 74.0 Å². The summed E-state index contributed by atoms with van der Waals surface area (Å²) in [7, 11) is 0. The lowest BCUT2D eigenvalue weighted by atomic mass is 10.2. The zero-order valence-corrected chi connectivity index (χ0v) is 17.0. The first-order valence-electron chi connectivity index (χ1n) is 9.88. The number of benzene rings is 2. The average molecular weight is 387 g/mol. The van der Waals surface area contributed by atoms with E-state index in [1.54, 1.807) is 0 Å². The summed E-state index contributed by atoms with van der Waals surface area (Å²) in [6, 6.07) is 18.0. The highest BCUT2D eigenvalue weighted by Gasteiger charge is 2.19. The van der Waals surface area contributed by atoms with Gasteiger partial charge in [0.25, 0.3) is 5.91 Å². The highest BCUT2D eigenvalue weighted by molar-refractivity contribution is 5.96. The molecule has 0 unspecified atom stereocenters. The second-order valence-corrected chi connectivity index (χ2v) is 7.20. The van der Waals surface area contributed by atoms with Gasteiger partial charge in [-0.25, -0.2) is 9.67 Å². The Balaban J connectivity index is 1.41. The van der Waals surface area contributed by atoms with Crippen molar-refractivity contribution in [1.82, 2.24) is 24.6 Å². The number of nitrogens with zero attached hydrogens (tertiary/aromatic N) is 4. The van der Waals surface area contributed by atoms with Crippen LogP contribution >= 0.6 is 0 Å². The van der Waals surface area contributed by atoms with Crippen LogP contribution in [0.4, 0.5) is 0 Å². The van der Waals surface area contributed by atoms with Crippen LogP contribution in [-0.4, -0.2) is 31.8 Å². The normalized spacial score (nSPS) is 11.1. The number of aromatic nitrogens is 4. The number of imidazole rings is 1. The molecule has 0 saturated carbocycles. The van der Waals surface area contributed by atoms with Gasteiger partial charge in [-0.1, -0.05) is 30.3 Å². The monoisotopic (exact) mass is 387 g/mol. The molecule has 2 aromatic carbocycles. The molecule has 0 radical (unpaired) electrons. The minimum absolute atomic E-state index is 0.0746. The van der Waals surface area contributed by atoms with Crippen molar-refractivity contribution in [3.63, 3.8) is 0 Å². The molecule has 29 heavy (non-hydrogen) atoms. The minimum Gasteiger partial charge on any atom is -0.352 e. The van der Waals surface area contributed by atoms with Crippen molar-refractivity contribution < 1.29 is 4.79 Å². The number of para-hydroxylation sites is 3. The fraction of sp³-hybridized carbons (Fsp3) is 0.261. The number of amides is 1. The van der Waals surface area contributed by atoms with Crippen LogP contribution in [0.15, 0.2) is 54.6 Å². The Labute approximate surface area is 170 Å². The highest BCUT2D eigenvalue weighted by Crippen LogP contribution is 2.18. The average Bonchev–Trinajstić information content (AvgIpc) is 3.21. The van der Waals surface area contributed by atoms with E-state index in [0.29, 0.717) is 12.1 Å². The molecule has 2 aromatic heterocycles. The van der Waals surface area contributed by atoms with Crippen molar-refractivity contribution >= 4 is 16.9 Å². The van der Waals surface area contributed by atoms with Crippen LogP contribution < -0.4 is 5.32 Å². The maximum atomic E-state index is 12.8. The molecule has 0 atom stereocenters. The molecule has 0 aliphatic carbocycles. The molecule has 2 heterocycles. The lowest BCUT2D eigenvalue weighted by molar-refractivity contribution is 0.0951. The molecule has 4 rings (SSSR count). The third kappa shape index (κ3) is 3.66. The SMILES string of the molecule is Cc1nn(-c2ccccc2)c(C)c1C(=O)NCCCn1c(C)nc2ccccc21. The van der Waals surface area contributed by atoms with Gasteiger partial charge in [-0.15, -0.1) is 0 Å². The Morgan fingerprint density at radius 1 is 1.00 bits per heavy atom. The largest absolute Gasteiger partial charge is 0.352 e. The summed E-state index contributed by atoms with van der Waals surface area (Å²) in [5.74, 6) is 0.919. The predicted molar refractivity (Wildman–Crippen MR) is 114 cm³/mol. The summed E-state index contributed by atoms with van der Waals surface area (Å²) >= 11 is 0. The second-order valence-electron chi connectivity index (χ2n) is 7.20. The Bertz CT molecular complexity index is 1160. The van der Waals surface area contributed by atoms with Crippen molar-refractivity contribution in [2.24, 2.45) is 0 Å². The third-order valence-electron chi connectivity index (χ3n) is 5.21. The summed E-state index contributed by atoms with van der Waals surface area (Å²) in [6.07, 6.45) is 0.831. The first-order chi connectivity index (χ1) is 14.1. The maximum absolute atomic E-state index is 12.8. The van der Waals surface area contributed by atoms with E-state index in [4.69, 9.17) is 0 Å². The summed E-state index contributed by atoms with van der Waals surface area (Å²) in [5, 5.41) is 7.61. The number of hydrogen-bond acceptors (Lipinski definition) is 3. The van der Waals surface area contributed by atoms with Crippen molar-refractivity contribution in [3.05, 3.63) is 77.4 Å². The first kappa shape index (κ1) is 18.9. The van der Waals surface area contributed by atoms with Gasteiger partial charge in [0.15, 0.2) is 0 Å². The van der Waals surface area contributed by atoms with E-state index in [0.717, 1.165) is 46.9 Å². The van der Waals surface area contributed by atoms with Gasteiger partial charge in [0.2, 0.25) is 0 Å². The number of nitrogens with one attached hydrogen (secondary N) is 1. The van der Waals surface area contributed by atoms with Gasteiger partial charge < -0.3 is 9.88 Å². The van der Waals surface area contributed by atoms with Gasteiger partial charge in [-0.05, 0) is 51.5 Å². The number of hydrogen-bond donors (Lipinski definition) is 1. The number of carbonyl (C=O) groups excluding carboxylic acids is 1. The number of rotatable bonds is 6. The molecule has 0 fully saturated rings. The van der Waals surface area contributed by atoms with E-state index in [2.05, 4.69) is 26.0 Å². The second kappa shape index (κ2) is 7.91. The fourth-order valence-corrected chi connectivity index (χ4v) is 3.80. The van der Waals surface area contributed by atoms with E-state index in [-0.39, 0.29) is 5.91 Å². The smallest absolute Gasteiger partial charge is 0.255 e. The zero-order valence-electron chi connectivity index (χ0n) is 17.0. The molecule has 6 heteroatoms. The molecule has 4 aromatic rings. The topological polar surface area (TPSA) is 64.7 Å². The van der Waals surface area contributed by atoms with Crippen LogP contribution in [0.3, 0.4) is 0 Å². The predicted octanol–water partition coefficient (Wildman–Crippen LogP) is 3.97. The zero-order chi connectivity index (χ0) is 20.4. The maximum Gasteiger partial charge on any atom is 0.255 e. The molecule has 0 aliphatic heterocycles. The molecular formula is C23H25N5O. The lowest BCUT2D eigenvalue weighted by Gasteiger charge is -2.09. The van der Waals surface area contributed by atoms with Crippen LogP contribution in [-0.2, 0) is 6.54 Å².